The van der Waals surface area contributed by atoms with Crippen LogP contribution in [0.4, 0.5) is 11.5 Å². The van der Waals surface area contributed by atoms with Gasteiger partial charge in [-0.1, -0.05) is 0 Å². The normalized spacial score (nSPS) is 10.5. The number of nitrogens with one attached hydrogen (secondary N) is 1. The van der Waals surface area contributed by atoms with Gasteiger partial charge in [0.25, 0.3) is 0 Å². The van der Waals surface area contributed by atoms with Gasteiger partial charge >= 0.3 is 5.69 Å². The molecule has 2 aromatic heterocycles. The molecule has 100 valence electrons. The van der Waals surface area contributed by atoms with Gasteiger partial charge in [-0.25, -0.2) is 4.98 Å². The minimum Gasteiger partial charge on any atom is -0.360 e. The Balaban J connectivity index is 2.20. The van der Waals surface area contributed by atoms with Gasteiger partial charge in [0.05, 0.1) is 11.1 Å². The van der Waals surface area contributed by atoms with Crippen LogP contribution in [0.5, 0.6) is 0 Å². The Labute approximate surface area is 117 Å². The molecule has 2 rings (SSSR count). The highest BCUT2D eigenvalue weighted by Crippen LogP contribution is 2.25. The van der Waals surface area contributed by atoms with Crippen LogP contribution in [0, 0.1) is 17.0 Å². The third-order valence-electron chi connectivity index (χ3n) is 2.81. The predicted octanol–water partition coefficient (Wildman–Crippen LogP) is 2.41. The second kappa shape index (κ2) is 5.35. The molecule has 2 heterocycles. The van der Waals surface area contributed by atoms with Crippen molar-refractivity contribution in [3.63, 3.8) is 0 Å². The van der Waals surface area contributed by atoms with Gasteiger partial charge in [-0.2, -0.15) is 5.10 Å². The molecule has 0 atom stereocenters. The number of hydrogen-bond donors (Lipinski definition) is 1. The summed E-state index contributed by atoms with van der Waals surface area (Å²) < 4.78 is 2.32. The summed E-state index contributed by atoms with van der Waals surface area (Å²) in [7, 11) is 1.85. The van der Waals surface area contributed by atoms with Gasteiger partial charge in [0, 0.05) is 41.6 Å². The number of hydrogen-bond acceptors (Lipinski definition) is 5. The van der Waals surface area contributed by atoms with Crippen LogP contribution in [-0.4, -0.2) is 19.7 Å². The number of aryl methyl sites for hydroxylation is 1. The van der Waals surface area contributed by atoms with Crippen molar-refractivity contribution in [2.75, 3.05) is 5.32 Å². The molecule has 0 fully saturated rings. The van der Waals surface area contributed by atoms with Crippen molar-refractivity contribution >= 4 is 27.4 Å². The second-order valence-electron chi connectivity index (χ2n) is 4.01. The molecule has 2 aromatic rings. The summed E-state index contributed by atoms with van der Waals surface area (Å²) in [5, 5.41) is 18.0. The quantitative estimate of drug-likeness (QED) is 0.689. The summed E-state index contributed by atoms with van der Waals surface area (Å²) in [5.41, 5.74) is 1.92. The van der Waals surface area contributed by atoms with E-state index in [1.54, 1.807) is 10.9 Å². The monoisotopic (exact) mass is 325 g/mol. The van der Waals surface area contributed by atoms with Gasteiger partial charge in [0.1, 0.15) is 0 Å². The van der Waals surface area contributed by atoms with E-state index in [9.17, 15) is 10.1 Å². The molecular formula is C11H12BrN5O2. The number of aromatic nitrogens is 3. The Kier molecular flexibility index (Phi) is 3.79. The van der Waals surface area contributed by atoms with Crippen LogP contribution < -0.4 is 5.32 Å². The fourth-order valence-electron chi connectivity index (χ4n) is 1.60. The van der Waals surface area contributed by atoms with Crippen molar-refractivity contribution in [3.05, 3.63) is 44.3 Å². The van der Waals surface area contributed by atoms with E-state index in [1.165, 1.54) is 12.3 Å². The molecule has 0 spiro atoms. The predicted molar refractivity (Wildman–Crippen MR) is 73.9 cm³/mol. The SMILES string of the molecule is Cc1c(CNc2ncc(Br)cc2[N+](=O)[O-])cnn1C. The highest BCUT2D eigenvalue weighted by atomic mass is 79.9. The van der Waals surface area contributed by atoms with Crippen LogP contribution >= 0.6 is 15.9 Å². The van der Waals surface area contributed by atoms with E-state index in [1.807, 2.05) is 14.0 Å². The zero-order valence-corrected chi connectivity index (χ0v) is 12.0. The minimum absolute atomic E-state index is 0.0593. The van der Waals surface area contributed by atoms with Crippen molar-refractivity contribution in [1.29, 1.82) is 0 Å². The minimum atomic E-state index is -0.462. The summed E-state index contributed by atoms with van der Waals surface area (Å²) in [6, 6.07) is 1.42. The molecule has 0 bridgehead atoms. The number of nitrogens with zero attached hydrogens (tertiary/aromatic N) is 4. The van der Waals surface area contributed by atoms with Crippen molar-refractivity contribution < 1.29 is 4.92 Å². The highest BCUT2D eigenvalue weighted by Gasteiger charge is 2.16. The number of pyridine rings is 1. The summed E-state index contributed by atoms with van der Waals surface area (Å²) >= 11 is 3.17. The smallest absolute Gasteiger partial charge is 0.312 e. The van der Waals surface area contributed by atoms with Gasteiger partial charge in [-0.05, 0) is 22.9 Å². The van der Waals surface area contributed by atoms with Crippen molar-refractivity contribution in [1.82, 2.24) is 14.8 Å². The molecular weight excluding hydrogens is 314 g/mol. The van der Waals surface area contributed by atoms with E-state index in [0.717, 1.165) is 11.3 Å². The molecule has 0 saturated heterocycles. The topological polar surface area (TPSA) is 85.9 Å². The Morgan fingerprint density at radius 3 is 2.84 bits per heavy atom. The first-order valence-corrected chi connectivity index (χ1v) is 6.29. The zero-order valence-electron chi connectivity index (χ0n) is 10.4. The molecule has 0 saturated carbocycles. The van der Waals surface area contributed by atoms with Gasteiger partial charge in [0.2, 0.25) is 5.82 Å². The van der Waals surface area contributed by atoms with Crippen LogP contribution in [0.15, 0.2) is 22.9 Å². The second-order valence-corrected chi connectivity index (χ2v) is 4.93. The van der Waals surface area contributed by atoms with E-state index in [-0.39, 0.29) is 11.5 Å². The molecule has 0 unspecified atom stereocenters. The molecule has 0 amide bonds. The number of halogens is 1. The number of rotatable bonds is 4. The molecule has 0 aromatic carbocycles. The fraction of sp³-hybridized carbons (Fsp3) is 0.273. The molecule has 0 aliphatic heterocycles. The lowest BCUT2D eigenvalue weighted by molar-refractivity contribution is -0.384. The van der Waals surface area contributed by atoms with Gasteiger partial charge in [-0.3, -0.25) is 14.8 Å². The average molecular weight is 326 g/mol. The lowest BCUT2D eigenvalue weighted by Crippen LogP contribution is -2.05. The van der Waals surface area contributed by atoms with Crippen LogP contribution in [0.1, 0.15) is 11.3 Å². The van der Waals surface area contributed by atoms with Crippen molar-refractivity contribution in [2.24, 2.45) is 7.05 Å². The largest absolute Gasteiger partial charge is 0.360 e. The third kappa shape index (κ3) is 2.90. The molecule has 8 heteroatoms. The summed E-state index contributed by atoms with van der Waals surface area (Å²) in [6.45, 7) is 2.38. The number of anilines is 1. The van der Waals surface area contributed by atoms with Crippen molar-refractivity contribution in [2.45, 2.75) is 13.5 Å². The van der Waals surface area contributed by atoms with Crippen LogP contribution in [0.25, 0.3) is 0 Å². The fourth-order valence-corrected chi connectivity index (χ4v) is 1.92. The van der Waals surface area contributed by atoms with Crippen molar-refractivity contribution in [3.8, 4) is 0 Å². The van der Waals surface area contributed by atoms with Crippen LogP contribution in [-0.2, 0) is 13.6 Å². The molecule has 0 aliphatic rings. The lowest BCUT2D eigenvalue weighted by Gasteiger charge is -2.06. The molecule has 7 nitrogen and oxygen atoms in total. The first kappa shape index (κ1) is 13.5. The highest BCUT2D eigenvalue weighted by molar-refractivity contribution is 9.10. The Hall–Kier alpha value is -1.96. The third-order valence-corrected chi connectivity index (χ3v) is 3.25. The first-order valence-electron chi connectivity index (χ1n) is 5.50. The Morgan fingerprint density at radius 2 is 2.26 bits per heavy atom. The van der Waals surface area contributed by atoms with E-state index in [2.05, 4.69) is 31.3 Å². The van der Waals surface area contributed by atoms with Gasteiger partial charge in [0.15, 0.2) is 0 Å². The van der Waals surface area contributed by atoms with Gasteiger partial charge < -0.3 is 5.32 Å². The Morgan fingerprint density at radius 1 is 1.53 bits per heavy atom. The van der Waals surface area contributed by atoms with Crippen LogP contribution in [0.2, 0.25) is 0 Å². The number of nitro groups is 1. The average Bonchev–Trinajstić information content (AvgIpc) is 2.68. The van der Waals surface area contributed by atoms with E-state index in [4.69, 9.17) is 0 Å². The van der Waals surface area contributed by atoms with E-state index >= 15 is 0 Å². The summed E-state index contributed by atoms with van der Waals surface area (Å²) in [6.07, 6.45) is 3.25. The standard InChI is InChI=1S/C11H12BrN5O2/c1-7-8(5-15-16(7)2)4-13-11-10(17(18)19)3-9(12)6-14-11/h3,5-6H,4H2,1-2H3,(H,13,14). The summed E-state index contributed by atoms with van der Waals surface area (Å²) in [4.78, 5) is 14.5. The van der Waals surface area contributed by atoms with Crippen LogP contribution in [0.3, 0.4) is 0 Å². The zero-order chi connectivity index (χ0) is 14.0. The maximum absolute atomic E-state index is 10.9. The maximum atomic E-state index is 10.9. The van der Waals surface area contributed by atoms with E-state index < -0.39 is 4.92 Å². The Bertz CT molecular complexity index is 626. The first-order chi connectivity index (χ1) is 8.99. The maximum Gasteiger partial charge on any atom is 0.312 e. The summed E-state index contributed by atoms with van der Waals surface area (Å²) in [5.74, 6) is 0.247. The molecule has 19 heavy (non-hydrogen) atoms. The van der Waals surface area contributed by atoms with E-state index in [0.29, 0.717) is 11.0 Å². The molecule has 1 N–H and O–H groups in total. The van der Waals surface area contributed by atoms with Gasteiger partial charge in [-0.15, -0.1) is 0 Å². The molecule has 0 aliphatic carbocycles. The lowest BCUT2D eigenvalue weighted by atomic mass is 10.2. The molecule has 0 radical (unpaired) electrons.